The number of halogens is 1. The van der Waals surface area contributed by atoms with Crippen LogP contribution in [0.4, 0.5) is 10.1 Å². The zero-order chi connectivity index (χ0) is 19.5. The highest BCUT2D eigenvalue weighted by Gasteiger charge is 2.37. The number of nitrogens with one attached hydrogen (secondary N) is 2. The molecular weight excluding hydrogens is 377 g/mol. The van der Waals surface area contributed by atoms with Crippen molar-refractivity contribution in [2.75, 3.05) is 10.7 Å². The number of nitrogens with zero attached hydrogens (tertiary/aromatic N) is 3. The third-order valence-corrected chi connectivity index (χ3v) is 5.72. The van der Waals surface area contributed by atoms with Gasteiger partial charge >= 0.3 is 0 Å². The molecule has 0 radical (unpaired) electrons. The number of amides is 1. The summed E-state index contributed by atoms with van der Waals surface area (Å²) >= 11 is 1.36. The van der Waals surface area contributed by atoms with E-state index < -0.39 is 5.25 Å². The van der Waals surface area contributed by atoms with Crippen LogP contribution in [0.15, 0.2) is 59.8 Å². The van der Waals surface area contributed by atoms with Crippen molar-refractivity contribution in [1.29, 1.82) is 0 Å². The molecule has 1 amide bonds. The highest BCUT2D eigenvalue weighted by atomic mass is 32.2. The lowest BCUT2D eigenvalue weighted by Crippen LogP contribution is -2.41. The Morgan fingerprint density at radius 2 is 1.93 bits per heavy atom. The van der Waals surface area contributed by atoms with Crippen LogP contribution in [-0.4, -0.2) is 26.0 Å². The van der Waals surface area contributed by atoms with E-state index in [1.165, 1.54) is 23.9 Å². The fourth-order valence-electron chi connectivity index (χ4n) is 3.14. The maximum Gasteiger partial charge on any atom is 0.240 e. The number of anilines is 1. The van der Waals surface area contributed by atoms with Crippen LogP contribution in [0.1, 0.15) is 30.8 Å². The number of rotatable bonds is 5. The maximum absolute atomic E-state index is 13.4. The van der Waals surface area contributed by atoms with Gasteiger partial charge in [-0.15, -0.1) is 10.2 Å². The molecule has 1 aliphatic rings. The van der Waals surface area contributed by atoms with Gasteiger partial charge in [-0.3, -0.25) is 4.79 Å². The molecule has 0 fully saturated rings. The van der Waals surface area contributed by atoms with E-state index in [0.29, 0.717) is 5.16 Å². The number of carbonyl (C=O) groups is 1. The first kappa shape index (κ1) is 18.5. The van der Waals surface area contributed by atoms with Crippen molar-refractivity contribution >= 4 is 23.4 Å². The Labute approximate surface area is 166 Å². The van der Waals surface area contributed by atoms with Crippen molar-refractivity contribution in [1.82, 2.24) is 14.9 Å². The Hall–Kier alpha value is -2.87. The minimum Gasteiger partial charge on any atom is -0.325 e. The third-order valence-electron chi connectivity index (χ3n) is 4.51. The molecule has 2 N–H and O–H groups in total. The highest BCUT2D eigenvalue weighted by Crippen LogP contribution is 2.37. The second-order valence-electron chi connectivity index (χ2n) is 6.54. The summed E-state index contributed by atoms with van der Waals surface area (Å²) in [5, 5.41) is 11.6. The lowest BCUT2D eigenvalue weighted by molar-refractivity contribution is -0.116. The van der Waals surface area contributed by atoms with Gasteiger partial charge in [0.05, 0.1) is 6.04 Å². The summed E-state index contributed by atoms with van der Waals surface area (Å²) in [4.78, 5) is 13.1. The Kier molecular flexibility index (Phi) is 5.29. The predicted octanol–water partition coefficient (Wildman–Crippen LogP) is 3.77. The van der Waals surface area contributed by atoms with E-state index in [1.54, 1.807) is 12.1 Å². The van der Waals surface area contributed by atoms with Crippen molar-refractivity contribution in [3.8, 4) is 0 Å². The van der Waals surface area contributed by atoms with E-state index in [1.807, 2.05) is 35.0 Å². The van der Waals surface area contributed by atoms with Crippen molar-refractivity contribution < 1.29 is 9.18 Å². The largest absolute Gasteiger partial charge is 0.325 e. The first-order valence-electron chi connectivity index (χ1n) is 9.14. The summed E-state index contributed by atoms with van der Waals surface area (Å²) in [6.45, 7) is 2.07. The lowest BCUT2D eigenvalue weighted by Gasteiger charge is -2.33. The van der Waals surface area contributed by atoms with Crippen LogP contribution in [0.25, 0.3) is 0 Å². The molecule has 2 heterocycles. The fraction of sp³-hybridized carbons (Fsp3) is 0.250. The molecule has 3 aromatic rings. The molecule has 2 aromatic carbocycles. The molecule has 28 heavy (non-hydrogen) atoms. The standard InChI is InChI=1S/C20H20FN5OS/c1-2-6-16-23-24-20-26(16)25-17(13-9-11-14(21)12-10-13)18(28-20)19(27)22-15-7-4-3-5-8-15/h3-5,7-12,17-18,25H,2,6H2,1H3,(H,22,27)/t17-,18-/m1/s1. The number of aromatic nitrogens is 3. The van der Waals surface area contributed by atoms with E-state index >= 15 is 0 Å². The summed E-state index contributed by atoms with van der Waals surface area (Å²) in [6.07, 6.45) is 1.71. The Bertz CT molecular complexity index is 960. The molecule has 1 aromatic heterocycles. The van der Waals surface area contributed by atoms with Gasteiger partial charge in [-0.2, -0.15) is 0 Å². The molecular formula is C20H20FN5OS. The molecule has 0 saturated carbocycles. The predicted molar refractivity (Wildman–Crippen MR) is 107 cm³/mol. The summed E-state index contributed by atoms with van der Waals surface area (Å²) in [5.74, 6) is 0.359. The molecule has 6 nitrogen and oxygen atoms in total. The zero-order valence-corrected chi connectivity index (χ0v) is 16.1. The number of para-hydroxylation sites is 1. The first-order chi connectivity index (χ1) is 13.7. The van der Waals surface area contributed by atoms with Gasteiger partial charge < -0.3 is 10.7 Å². The number of fused-ring (bicyclic) bond motifs is 1. The number of aryl methyl sites for hydroxylation is 1. The molecule has 0 unspecified atom stereocenters. The highest BCUT2D eigenvalue weighted by molar-refractivity contribution is 8.00. The van der Waals surface area contributed by atoms with Gasteiger partial charge in [0.1, 0.15) is 11.1 Å². The van der Waals surface area contributed by atoms with Gasteiger partial charge in [-0.1, -0.05) is 49.0 Å². The maximum atomic E-state index is 13.4. The first-order valence-corrected chi connectivity index (χ1v) is 10.0. The van der Waals surface area contributed by atoms with Gasteiger partial charge in [0.25, 0.3) is 0 Å². The van der Waals surface area contributed by atoms with Crippen LogP contribution >= 0.6 is 11.8 Å². The fourth-order valence-corrected chi connectivity index (χ4v) is 4.24. The Balaban J connectivity index is 1.66. The molecule has 2 atom stereocenters. The average Bonchev–Trinajstić information content (AvgIpc) is 3.11. The number of thioether (sulfide) groups is 1. The number of carbonyl (C=O) groups excluding carboxylic acids is 1. The molecule has 0 saturated heterocycles. The van der Waals surface area contributed by atoms with Gasteiger partial charge in [0.2, 0.25) is 11.1 Å². The second-order valence-corrected chi connectivity index (χ2v) is 7.64. The molecule has 0 spiro atoms. The summed E-state index contributed by atoms with van der Waals surface area (Å²) < 4.78 is 15.3. The van der Waals surface area contributed by atoms with E-state index in [9.17, 15) is 9.18 Å². The summed E-state index contributed by atoms with van der Waals surface area (Å²) in [6, 6.07) is 15.2. The average molecular weight is 397 g/mol. The minimum absolute atomic E-state index is 0.149. The van der Waals surface area contributed by atoms with Gasteiger partial charge in [-0.05, 0) is 36.2 Å². The molecule has 144 valence electrons. The van der Waals surface area contributed by atoms with Crippen molar-refractivity contribution in [2.24, 2.45) is 0 Å². The Morgan fingerprint density at radius 1 is 1.18 bits per heavy atom. The van der Waals surface area contributed by atoms with Gasteiger partial charge in [0, 0.05) is 12.1 Å². The molecule has 8 heteroatoms. The molecule has 1 aliphatic heterocycles. The smallest absolute Gasteiger partial charge is 0.240 e. The lowest BCUT2D eigenvalue weighted by atomic mass is 10.0. The molecule has 0 aliphatic carbocycles. The number of hydrogen-bond donors (Lipinski definition) is 2. The van der Waals surface area contributed by atoms with Crippen LogP contribution in [0, 0.1) is 5.82 Å². The van der Waals surface area contributed by atoms with Crippen LogP contribution in [0.2, 0.25) is 0 Å². The van der Waals surface area contributed by atoms with Crippen molar-refractivity contribution in [3.05, 3.63) is 71.8 Å². The van der Waals surface area contributed by atoms with Crippen molar-refractivity contribution in [3.63, 3.8) is 0 Å². The van der Waals surface area contributed by atoms with E-state index in [-0.39, 0.29) is 17.8 Å². The Morgan fingerprint density at radius 3 is 2.64 bits per heavy atom. The van der Waals surface area contributed by atoms with Crippen molar-refractivity contribution in [2.45, 2.75) is 36.2 Å². The van der Waals surface area contributed by atoms with Gasteiger partial charge in [0.15, 0.2) is 5.82 Å². The SMILES string of the molecule is CCCc1nnc2n1N[C@H](c1ccc(F)cc1)[C@H](C(=O)Nc1ccccc1)S2. The van der Waals surface area contributed by atoms with E-state index in [2.05, 4.69) is 27.9 Å². The van der Waals surface area contributed by atoms with Crippen LogP contribution in [0.3, 0.4) is 0 Å². The zero-order valence-electron chi connectivity index (χ0n) is 15.3. The topological polar surface area (TPSA) is 71.8 Å². The number of benzene rings is 2. The molecule has 0 bridgehead atoms. The molecule has 4 rings (SSSR count). The minimum atomic E-state index is -0.489. The third kappa shape index (κ3) is 3.73. The summed E-state index contributed by atoms with van der Waals surface area (Å²) in [5.41, 5.74) is 4.92. The van der Waals surface area contributed by atoms with Gasteiger partial charge in [-0.25, -0.2) is 9.07 Å². The van der Waals surface area contributed by atoms with Crippen LogP contribution in [-0.2, 0) is 11.2 Å². The van der Waals surface area contributed by atoms with Crippen LogP contribution < -0.4 is 10.7 Å². The quantitative estimate of drug-likeness (QED) is 0.686. The monoisotopic (exact) mass is 397 g/mol. The van der Waals surface area contributed by atoms with E-state index in [4.69, 9.17) is 0 Å². The van der Waals surface area contributed by atoms with E-state index in [0.717, 1.165) is 29.9 Å². The summed E-state index contributed by atoms with van der Waals surface area (Å²) in [7, 11) is 0. The van der Waals surface area contributed by atoms with Crippen LogP contribution in [0.5, 0.6) is 0 Å². The number of hydrogen-bond acceptors (Lipinski definition) is 5. The second kappa shape index (κ2) is 8.02. The normalized spacial score (nSPS) is 18.2.